The molecule has 4 bridgehead atoms. The van der Waals surface area contributed by atoms with Crippen molar-refractivity contribution >= 4 is 0 Å². The minimum absolute atomic E-state index is 0.140. The van der Waals surface area contributed by atoms with Crippen LogP contribution >= 0.6 is 0 Å². The molecular formula is C32H36O2. The van der Waals surface area contributed by atoms with Crippen LogP contribution < -0.4 is 4.74 Å². The van der Waals surface area contributed by atoms with Crippen LogP contribution in [0.25, 0.3) is 0 Å². The molecule has 1 N–H and O–H groups in total. The number of benzene rings is 3. The van der Waals surface area contributed by atoms with E-state index in [-0.39, 0.29) is 5.41 Å². The SMILES string of the molecule is CC12CC3CC(C)(C1)CC(c1cc(C(O)c4ccccc4)ccc1OCc1ccccc1)(C3)C2. The molecule has 3 unspecified atom stereocenters. The second-order valence-corrected chi connectivity index (χ2v) is 12.3. The lowest BCUT2D eigenvalue weighted by atomic mass is 9.39. The van der Waals surface area contributed by atoms with Gasteiger partial charge in [-0.05, 0) is 84.1 Å². The van der Waals surface area contributed by atoms with Crippen LogP contribution in [0.4, 0.5) is 0 Å². The van der Waals surface area contributed by atoms with Crippen LogP contribution in [0.3, 0.4) is 0 Å². The normalized spacial score (nSPS) is 32.5. The van der Waals surface area contributed by atoms with Crippen molar-refractivity contribution in [3.63, 3.8) is 0 Å². The maximum absolute atomic E-state index is 11.3. The maximum Gasteiger partial charge on any atom is 0.123 e. The topological polar surface area (TPSA) is 29.5 Å². The average Bonchev–Trinajstić information content (AvgIpc) is 2.81. The molecule has 0 aromatic heterocycles. The van der Waals surface area contributed by atoms with Crippen LogP contribution in [0.2, 0.25) is 0 Å². The van der Waals surface area contributed by atoms with E-state index in [1.807, 2.05) is 36.4 Å². The Morgan fingerprint density at radius 3 is 2.09 bits per heavy atom. The predicted molar refractivity (Wildman–Crippen MR) is 137 cm³/mol. The van der Waals surface area contributed by atoms with Crippen LogP contribution in [0.15, 0.2) is 78.9 Å². The smallest absolute Gasteiger partial charge is 0.123 e. The van der Waals surface area contributed by atoms with Gasteiger partial charge in [0.05, 0.1) is 0 Å². The first kappa shape index (κ1) is 21.9. The van der Waals surface area contributed by atoms with Gasteiger partial charge in [0, 0.05) is 11.0 Å². The first-order valence-corrected chi connectivity index (χ1v) is 12.9. The Hall–Kier alpha value is -2.58. The molecule has 4 fully saturated rings. The van der Waals surface area contributed by atoms with Crippen LogP contribution in [0.5, 0.6) is 5.75 Å². The third-order valence-electron chi connectivity index (χ3n) is 8.87. The van der Waals surface area contributed by atoms with E-state index in [1.54, 1.807) is 0 Å². The summed E-state index contributed by atoms with van der Waals surface area (Å²) in [5, 5.41) is 11.3. The van der Waals surface area contributed by atoms with E-state index in [0.29, 0.717) is 17.4 Å². The number of aliphatic hydroxyl groups excluding tert-OH is 1. The largest absolute Gasteiger partial charge is 0.489 e. The molecule has 2 heteroatoms. The van der Waals surface area contributed by atoms with Crippen LogP contribution in [0, 0.1) is 16.7 Å². The summed E-state index contributed by atoms with van der Waals surface area (Å²) in [7, 11) is 0. The third-order valence-corrected chi connectivity index (χ3v) is 8.87. The molecule has 0 amide bonds. The monoisotopic (exact) mass is 452 g/mol. The maximum atomic E-state index is 11.3. The van der Waals surface area contributed by atoms with Gasteiger partial charge in [0.25, 0.3) is 0 Å². The summed E-state index contributed by atoms with van der Waals surface area (Å²) < 4.78 is 6.54. The highest BCUT2D eigenvalue weighted by atomic mass is 16.5. The van der Waals surface area contributed by atoms with Crippen molar-refractivity contribution in [1.29, 1.82) is 0 Å². The summed E-state index contributed by atoms with van der Waals surface area (Å²) in [6.45, 7) is 5.62. The molecule has 3 atom stereocenters. The predicted octanol–water partition coefficient (Wildman–Crippen LogP) is 7.60. The second-order valence-electron chi connectivity index (χ2n) is 12.3. The van der Waals surface area contributed by atoms with Gasteiger partial charge in [-0.2, -0.15) is 0 Å². The zero-order valence-electron chi connectivity index (χ0n) is 20.5. The molecule has 176 valence electrons. The molecule has 2 nitrogen and oxygen atoms in total. The molecule has 0 saturated heterocycles. The summed E-state index contributed by atoms with van der Waals surface area (Å²) in [5.41, 5.74) is 5.40. The molecule has 4 saturated carbocycles. The average molecular weight is 453 g/mol. The minimum Gasteiger partial charge on any atom is -0.489 e. The number of aliphatic hydroxyl groups is 1. The Bertz CT molecular complexity index is 1150. The molecule has 0 aliphatic heterocycles. The van der Waals surface area contributed by atoms with Crippen molar-refractivity contribution in [2.24, 2.45) is 16.7 Å². The lowest BCUT2D eigenvalue weighted by molar-refractivity contribution is -0.110. The van der Waals surface area contributed by atoms with Crippen molar-refractivity contribution in [3.8, 4) is 5.75 Å². The Kier molecular flexibility index (Phi) is 5.15. The highest BCUT2D eigenvalue weighted by molar-refractivity contribution is 5.47. The van der Waals surface area contributed by atoms with E-state index in [2.05, 4.69) is 56.3 Å². The zero-order chi connectivity index (χ0) is 23.4. The summed E-state index contributed by atoms with van der Waals surface area (Å²) in [4.78, 5) is 0. The van der Waals surface area contributed by atoms with E-state index in [4.69, 9.17) is 4.74 Å². The van der Waals surface area contributed by atoms with E-state index >= 15 is 0 Å². The van der Waals surface area contributed by atoms with Gasteiger partial charge in [0.1, 0.15) is 18.5 Å². The van der Waals surface area contributed by atoms with Crippen molar-refractivity contribution in [2.45, 2.75) is 70.5 Å². The van der Waals surface area contributed by atoms with Gasteiger partial charge in [0.2, 0.25) is 0 Å². The molecule has 0 spiro atoms. The molecule has 3 aromatic rings. The molecule has 0 radical (unpaired) electrons. The van der Waals surface area contributed by atoms with Crippen LogP contribution in [-0.4, -0.2) is 5.11 Å². The first-order chi connectivity index (χ1) is 16.4. The van der Waals surface area contributed by atoms with Crippen LogP contribution in [-0.2, 0) is 12.0 Å². The molecular weight excluding hydrogens is 416 g/mol. The van der Waals surface area contributed by atoms with Crippen LogP contribution in [0.1, 0.15) is 80.7 Å². The fourth-order valence-corrected chi connectivity index (χ4v) is 8.57. The summed E-state index contributed by atoms with van der Waals surface area (Å²) in [6, 6.07) is 26.9. The first-order valence-electron chi connectivity index (χ1n) is 12.9. The van der Waals surface area contributed by atoms with Crippen molar-refractivity contribution in [1.82, 2.24) is 0 Å². The van der Waals surface area contributed by atoms with Gasteiger partial charge < -0.3 is 9.84 Å². The second kappa shape index (κ2) is 7.99. The highest BCUT2D eigenvalue weighted by Gasteiger charge is 2.61. The van der Waals surface area contributed by atoms with E-state index in [9.17, 15) is 5.11 Å². The molecule has 34 heavy (non-hydrogen) atoms. The summed E-state index contributed by atoms with van der Waals surface area (Å²) in [6.07, 6.45) is 7.20. The summed E-state index contributed by atoms with van der Waals surface area (Å²) >= 11 is 0. The fourth-order valence-electron chi connectivity index (χ4n) is 8.57. The number of rotatable bonds is 6. The van der Waals surface area contributed by atoms with Crippen molar-refractivity contribution < 1.29 is 9.84 Å². The third kappa shape index (κ3) is 3.86. The molecule has 4 aliphatic carbocycles. The van der Waals surface area contributed by atoms with Gasteiger partial charge in [-0.25, -0.2) is 0 Å². The van der Waals surface area contributed by atoms with E-state index < -0.39 is 6.10 Å². The lowest BCUT2D eigenvalue weighted by Crippen LogP contribution is -2.56. The van der Waals surface area contributed by atoms with E-state index in [1.165, 1.54) is 49.7 Å². The fraction of sp³-hybridized carbons (Fsp3) is 0.438. The highest BCUT2D eigenvalue weighted by Crippen LogP contribution is 2.70. The van der Waals surface area contributed by atoms with Gasteiger partial charge in [0.15, 0.2) is 0 Å². The van der Waals surface area contributed by atoms with Crippen molar-refractivity contribution in [2.75, 3.05) is 0 Å². The number of ether oxygens (including phenoxy) is 1. The standard InChI is InChI=1S/C32H36O2/c1-30-16-24-17-31(2,20-30)22-32(18-24,21-30)27-15-26(29(33)25-11-7-4-8-12-25)13-14-28(27)34-19-23-9-5-3-6-10-23/h3-15,24,29,33H,16-22H2,1-2H3. The quantitative estimate of drug-likeness (QED) is 0.417. The van der Waals surface area contributed by atoms with Gasteiger partial charge in [-0.1, -0.05) is 80.6 Å². The number of hydrogen-bond acceptors (Lipinski definition) is 2. The molecule has 0 heterocycles. The molecule has 7 rings (SSSR count). The minimum atomic E-state index is -0.622. The number of hydrogen-bond donors (Lipinski definition) is 1. The summed E-state index contributed by atoms with van der Waals surface area (Å²) in [5.74, 6) is 1.80. The Balaban J connectivity index is 1.42. The molecule has 4 aliphatic rings. The Labute approximate surface area is 204 Å². The van der Waals surface area contributed by atoms with Crippen molar-refractivity contribution in [3.05, 3.63) is 101 Å². The van der Waals surface area contributed by atoms with E-state index in [0.717, 1.165) is 22.8 Å². The lowest BCUT2D eigenvalue weighted by Gasteiger charge is -2.65. The molecule has 3 aromatic carbocycles. The van der Waals surface area contributed by atoms with Gasteiger partial charge >= 0.3 is 0 Å². The van der Waals surface area contributed by atoms with Gasteiger partial charge in [-0.15, -0.1) is 0 Å². The zero-order valence-corrected chi connectivity index (χ0v) is 20.5. The van der Waals surface area contributed by atoms with Gasteiger partial charge in [-0.3, -0.25) is 0 Å². The Morgan fingerprint density at radius 1 is 0.794 bits per heavy atom. The Morgan fingerprint density at radius 2 is 1.44 bits per heavy atom.